The van der Waals surface area contributed by atoms with Crippen LogP contribution in [0.4, 0.5) is 5.69 Å². The van der Waals surface area contributed by atoms with E-state index < -0.39 is 0 Å². The number of hydrogen-bond acceptors (Lipinski definition) is 4. The molecule has 0 atom stereocenters. The average molecular weight is 454 g/mol. The van der Waals surface area contributed by atoms with Gasteiger partial charge in [0.25, 0.3) is 0 Å². The van der Waals surface area contributed by atoms with E-state index in [2.05, 4.69) is 15.3 Å². The number of halogens is 1. The highest BCUT2D eigenvalue weighted by atomic mass is 127. The van der Waals surface area contributed by atoms with E-state index in [1.165, 1.54) is 12.8 Å². The Hall–Kier alpha value is -2.03. The molecule has 25 heavy (non-hydrogen) atoms. The molecule has 1 fully saturated rings. The number of rotatable bonds is 7. The number of methoxy groups -OCH3 is 1. The van der Waals surface area contributed by atoms with Gasteiger partial charge in [-0.25, -0.2) is 9.98 Å². The molecule has 7 heteroatoms. The Bertz CT molecular complexity index is 685. The molecule has 134 valence electrons. The van der Waals surface area contributed by atoms with Crippen LogP contribution in [0.2, 0.25) is 0 Å². The van der Waals surface area contributed by atoms with Gasteiger partial charge in [0.2, 0.25) is 5.88 Å². The van der Waals surface area contributed by atoms with Crippen LogP contribution in [0.15, 0.2) is 47.6 Å². The molecule has 1 heterocycles. The molecule has 3 N–H and O–H groups in total. The third-order valence-electron chi connectivity index (χ3n) is 3.76. The minimum absolute atomic E-state index is 0. The highest BCUT2D eigenvalue weighted by molar-refractivity contribution is 14.0. The van der Waals surface area contributed by atoms with Crippen LogP contribution in [0, 0.1) is 5.92 Å². The standard InChI is InChI=1S/C18H22N4O2.HI/c1-23-16-7-5-15(6-8-16)22-18(19)21-11-14-4-9-17(20-10-14)24-12-13-2-3-13;/h4-10,13H,2-3,11-12H2,1H3,(H3,19,21,22);1H. The van der Waals surface area contributed by atoms with Gasteiger partial charge in [0.05, 0.1) is 20.3 Å². The SMILES string of the molecule is COc1ccc(NC(N)=NCc2ccc(OCC3CC3)nc2)cc1.I. The molecule has 6 nitrogen and oxygen atoms in total. The molecule has 1 saturated carbocycles. The van der Waals surface area contributed by atoms with Crippen LogP contribution in [0.5, 0.6) is 11.6 Å². The van der Waals surface area contributed by atoms with E-state index in [0.29, 0.717) is 18.4 Å². The lowest BCUT2D eigenvalue weighted by molar-refractivity contribution is 0.288. The number of pyridine rings is 1. The summed E-state index contributed by atoms with van der Waals surface area (Å²) in [5, 5.41) is 3.04. The van der Waals surface area contributed by atoms with Gasteiger partial charge in [-0.05, 0) is 48.6 Å². The molecule has 0 saturated heterocycles. The van der Waals surface area contributed by atoms with E-state index in [4.69, 9.17) is 15.2 Å². The molecule has 0 aliphatic heterocycles. The summed E-state index contributed by atoms with van der Waals surface area (Å²) in [6.07, 6.45) is 4.31. The Balaban J connectivity index is 0.00000225. The number of aromatic nitrogens is 1. The predicted octanol–water partition coefficient (Wildman–Crippen LogP) is 3.42. The zero-order valence-corrected chi connectivity index (χ0v) is 16.5. The summed E-state index contributed by atoms with van der Waals surface area (Å²) < 4.78 is 10.7. The molecule has 0 radical (unpaired) electrons. The molecule has 0 spiro atoms. The van der Waals surface area contributed by atoms with Crippen molar-refractivity contribution in [2.45, 2.75) is 19.4 Å². The minimum atomic E-state index is 0. The third-order valence-corrected chi connectivity index (χ3v) is 3.76. The first-order chi connectivity index (χ1) is 11.7. The number of benzene rings is 1. The number of aliphatic imine (C=N–C) groups is 1. The number of ether oxygens (including phenoxy) is 2. The van der Waals surface area contributed by atoms with Crippen LogP contribution in [0.3, 0.4) is 0 Å². The quantitative estimate of drug-likeness (QED) is 0.381. The monoisotopic (exact) mass is 454 g/mol. The molecule has 0 bridgehead atoms. The van der Waals surface area contributed by atoms with Crippen molar-refractivity contribution in [2.24, 2.45) is 16.6 Å². The molecule has 2 aromatic rings. The third kappa shape index (κ3) is 6.41. The molecule has 1 aromatic carbocycles. The molecule has 0 amide bonds. The van der Waals surface area contributed by atoms with E-state index in [9.17, 15) is 0 Å². The maximum absolute atomic E-state index is 5.90. The van der Waals surface area contributed by atoms with Crippen molar-refractivity contribution in [1.29, 1.82) is 0 Å². The summed E-state index contributed by atoms with van der Waals surface area (Å²) in [5.41, 5.74) is 7.74. The molecular weight excluding hydrogens is 431 g/mol. The normalized spacial score (nSPS) is 13.7. The lowest BCUT2D eigenvalue weighted by atomic mass is 10.3. The van der Waals surface area contributed by atoms with E-state index >= 15 is 0 Å². The van der Waals surface area contributed by atoms with Crippen LogP contribution in [-0.4, -0.2) is 24.7 Å². The van der Waals surface area contributed by atoms with E-state index in [-0.39, 0.29) is 24.0 Å². The zero-order valence-electron chi connectivity index (χ0n) is 14.1. The molecule has 3 rings (SSSR count). The number of nitrogens with one attached hydrogen (secondary N) is 1. The maximum atomic E-state index is 5.90. The summed E-state index contributed by atoms with van der Waals surface area (Å²) in [6.45, 7) is 1.23. The first kappa shape index (κ1) is 19.3. The van der Waals surface area contributed by atoms with Crippen molar-refractivity contribution in [3.63, 3.8) is 0 Å². The van der Waals surface area contributed by atoms with Gasteiger partial charge < -0.3 is 20.5 Å². The second kappa shape index (κ2) is 9.45. The van der Waals surface area contributed by atoms with Gasteiger partial charge in [-0.15, -0.1) is 24.0 Å². The largest absolute Gasteiger partial charge is 0.497 e. The van der Waals surface area contributed by atoms with E-state index in [1.807, 2.05) is 36.4 Å². The van der Waals surface area contributed by atoms with Gasteiger partial charge in [-0.2, -0.15) is 0 Å². The minimum Gasteiger partial charge on any atom is -0.497 e. The topological polar surface area (TPSA) is 81.8 Å². The Morgan fingerprint density at radius 1 is 1.24 bits per heavy atom. The molecule has 1 aliphatic carbocycles. The van der Waals surface area contributed by atoms with Gasteiger partial charge in [-0.3, -0.25) is 0 Å². The Morgan fingerprint density at radius 2 is 2.00 bits per heavy atom. The van der Waals surface area contributed by atoms with Gasteiger partial charge in [0.15, 0.2) is 5.96 Å². The van der Waals surface area contributed by atoms with Gasteiger partial charge in [0, 0.05) is 18.0 Å². The van der Waals surface area contributed by atoms with Crippen LogP contribution >= 0.6 is 24.0 Å². The molecule has 1 aromatic heterocycles. The molecular formula is C18H23IN4O2. The lowest BCUT2D eigenvalue weighted by Gasteiger charge is -2.07. The van der Waals surface area contributed by atoms with E-state index in [0.717, 1.165) is 29.5 Å². The van der Waals surface area contributed by atoms with Gasteiger partial charge in [0.1, 0.15) is 5.75 Å². The van der Waals surface area contributed by atoms with Gasteiger partial charge in [-0.1, -0.05) is 6.07 Å². The predicted molar refractivity (Wildman–Crippen MR) is 110 cm³/mol. The first-order valence-corrected chi connectivity index (χ1v) is 8.01. The van der Waals surface area contributed by atoms with Crippen LogP contribution in [-0.2, 0) is 6.54 Å². The zero-order chi connectivity index (χ0) is 16.8. The van der Waals surface area contributed by atoms with Gasteiger partial charge >= 0.3 is 0 Å². The lowest BCUT2D eigenvalue weighted by Crippen LogP contribution is -2.22. The van der Waals surface area contributed by atoms with Crippen molar-refractivity contribution in [2.75, 3.05) is 19.0 Å². The van der Waals surface area contributed by atoms with E-state index in [1.54, 1.807) is 13.3 Å². The molecule has 1 aliphatic rings. The van der Waals surface area contributed by atoms with Crippen LogP contribution in [0.25, 0.3) is 0 Å². The first-order valence-electron chi connectivity index (χ1n) is 8.01. The highest BCUT2D eigenvalue weighted by Gasteiger charge is 2.21. The molecule has 0 unspecified atom stereocenters. The van der Waals surface area contributed by atoms with Crippen LogP contribution < -0.4 is 20.5 Å². The highest BCUT2D eigenvalue weighted by Crippen LogP contribution is 2.29. The van der Waals surface area contributed by atoms with Crippen molar-refractivity contribution in [3.05, 3.63) is 48.2 Å². The van der Waals surface area contributed by atoms with Crippen molar-refractivity contribution < 1.29 is 9.47 Å². The number of anilines is 1. The second-order valence-corrected chi connectivity index (χ2v) is 5.81. The fraction of sp³-hybridized carbons (Fsp3) is 0.333. The van der Waals surface area contributed by atoms with Crippen molar-refractivity contribution in [3.8, 4) is 11.6 Å². The second-order valence-electron chi connectivity index (χ2n) is 5.81. The summed E-state index contributed by atoms with van der Waals surface area (Å²) >= 11 is 0. The van der Waals surface area contributed by atoms with Crippen molar-refractivity contribution >= 4 is 35.6 Å². The number of guanidine groups is 1. The fourth-order valence-corrected chi connectivity index (χ4v) is 2.12. The maximum Gasteiger partial charge on any atom is 0.213 e. The smallest absolute Gasteiger partial charge is 0.213 e. The fourth-order valence-electron chi connectivity index (χ4n) is 2.12. The Morgan fingerprint density at radius 3 is 2.60 bits per heavy atom. The summed E-state index contributed by atoms with van der Waals surface area (Å²) in [5.74, 6) is 2.54. The summed E-state index contributed by atoms with van der Waals surface area (Å²) in [7, 11) is 1.63. The van der Waals surface area contributed by atoms with Crippen LogP contribution in [0.1, 0.15) is 18.4 Å². The average Bonchev–Trinajstić information content (AvgIpc) is 3.44. The summed E-state index contributed by atoms with van der Waals surface area (Å²) in [6, 6.07) is 11.3. The Labute approximate surface area is 164 Å². The van der Waals surface area contributed by atoms with Crippen molar-refractivity contribution in [1.82, 2.24) is 4.98 Å². The summed E-state index contributed by atoms with van der Waals surface area (Å²) in [4.78, 5) is 8.61. The number of hydrogen-bond donors (Lipinski definition) is 2. The Kier molecular flexibility index (Phi) is 7.30. The number of nitrogens with two attached hydrogens (primary N) is 1. The number of nitrogens with zero attached hydrogens (tertiary/aromatic N) is 2.